The standard InChI is InChI=1S/C7H7ClFN/c1-2-5-3-4-6(9)10-7(5)8/h3-4H,2H2,1H3. The molecule has 0 aliphatic heterocycles. The van der Waals surface area contributed by atoms with Crippen molar-refractivity contribution < 1.29 is 4.39 Å². The van der Waals surface area contributed by atoms with Crippen LogP contribution in [0.15, 0.2) is 12.1 Å². The van der Waals surface area contributed by atoms with E-state index in [-0.39, 0.29) is 5.15 Å². The molecule has 0 radical (unpaired) electrons. The highest BCUT2D eigenvalue weighted by Crippen LogP contribution is 2.12. The molecule has 1 aromatic rings. The summed E-state index contributed by atoms with van der Waals surface area (Å²) in [5.74, 6) is -0.526. The monoisotopic (exact) mass is 159 g/mol. The first-order valence-corrected chi connectivity index (χ1v) is 3.42. The van der Waals surface area contributed by atoms with Gasteiger partial charge < -0.3 is 0 Å². The lowest BCUT2D eigenvalue weighted by Crippen LogP contribution is -1.88. The molecule has 0 spiro atoms. The van der Waals surface area contributed by atoms with Crippen LogP contribution in [0.2, 0.25) is 5.15 Å². The molecule has 1 heterocycles. The van der Waals surface area contributed by atoms with Gasteiger partial charge in [-0.25, -0.2) is 4.98 Å². The van der Waals surface area contributed by atoms with Crippen molar-refractivity contribution in [3.05, 3.63) is 28.8 Å². The zero-order valence-electron chi connectivity index (χ0n) is 5.56. The number of aryl methyl sites for hydroxylation is 1. The Morgan fingerprint density at radius 3 is 2.80 bits per heavy atom. The minimum Gasteiger partial charge on any atom is -0.208 e. The molecule has 0 aliphatic rings. The summed E-state index contributed by atoms with van der Waals surface area (Å²) < 4.78 is 12.3. The van der Waals surface area contributed by atoms with Crippen LogP contribution in [0.25, 0.3) is 0 Å². The van der Waals surface area contributed by atoms with Gasteiger partial charge >= 0.3 is 0 Å². The molecule has 0 unspecified atom stereocenters. The molecular weight excluding hydrogens is 153 g/mol. The maximum Gasteiger partial charge on any atom is 0.214 e. The Kier molecular flexibility index (Phi) is 2.22. The first kappa shape index (κ1) is 7.48. The predicted molar refractivity (Wildman–Crippen MR) is 38.6 cm³/mol. The lowest BCUT2D eigenvalue weighted by Gasteiger charge is -1.96. The molecule has 0 saturated heterocycles. The van der Waals surface area contributed by atoms with E-state index in [4.69, 9.17) is 11.6 Å². The summed E-state index contributed by atoms with van der Waals surface area (Å²) in [4.78, 5) is 3.44. The van der Waals surface area contributed by atoms with E-state index in [2.05, 4.69) is 4.98 Å². The van der Waals surface area contributed by atoms with E-state index < -0.39 is 5.95 Å². The van der Waals surface area contributed by atoms with Gasteiger partial charge in [0.25, 0.3) is 0 Å². The second kappa shape index (κ2) is 2.97. The molecule has 0 N–H and O–H groups in total. The molecule has 54 valence electrons. The highest BCUT2D eigenvalue weighted by molar-refractivity contribution is 6.30. The minimum absolute atomic E-state index is 0.266. The van der Waals surface area contributed by atoms with E-state index in [1.807, 2.05) is 6.92 Å². The maximum atomic E-state index is 12.3. The normalized spacial score (nSPS) is 9.90. The molecule has 0 aromatic carbocycles. The van der Waals surface area contributed by atoms with Crippen LogP contribution in [-0.4, -0.2) is 4.98 Å². The van der Waals surface area contributed by atoms with Crippen molar-refractivity contribution in [1.29, 1.82) is 0 Å². The van der Waals surface area contributed by atoms with E-state index >= 15 is 0 Å². The van der Waals surface area contributed by atoms with Crippen molar-refractivity contribution in [3.63, 3.8) is 0 Å². The summed E-state index contributed by atoms with van der Waals surface area (Å²) in [6.07, 6.45) is 0.784. The molecule has 0 atom stereocenters. The Morgan fingerprint density at radius 2 is 2.30 bits per heavy atom. The third kappa shape index (κ3) is 1.45. The molecule has 1 rings (SSSR count). The van der Waals surface area contributed by atoms with Crippen LogP contribution in [0.5, 0.6) is 0 Å². The van der Waals surface area contributed by atoms with Crippen molar-refractivity contribution in [3.8, 4) is 0 Å². The topological polar surface area (TPSA) is 12.9 Å². The number of hydrogen-bond acceptors (Lipinski definition) is 1. The second-order valence-corrected chi connectivity index (χ2v) is 2.30. The molecule has 1 nitrogen and oxygen atoms in total. The SMILES string of the molecule is CCc1ccc(F)nc1Cl. The van der Waals surface area contributed by atoms with Gasteiger partial charge in [0.2, 0.25) is 5.95 Å². The van der Waals surface area contributed by atoms with Gasteiger partial charge in [0, 0.05) is 0 Å². The van der Waals surface area contributed by atoms with Gasteiger partial charge in [0.15, 0.2) is 0 Å². The number of nitrogens with zero attached hydrogens (tertiary/aromatic N) is 1. The molecular formula is C7H7ClFN. The average Bonchev–Trinajstić information content (AvgIpc) is 1.88. The number of hydrogen-bond donors (Lipinski definition) is 0. The summed E-state index contributed by atoms with van der Waals surface area (Å²) in [6.45, 7) is 1.95. The Balaban J connectivity index is 3.07. The van der Waals surface area contributed by atoms with E-state index in [1.165, 1.54) is 6.07 Å². The second-order valence-electron chi connectivity index (χ2n) is 1.94. The Bertz CT molecular complexity index is 237. The van der Waals surface area contributed by atoms with Gasteiger partial charge in [-0.05, 0) is 18.1 Å². The van der Waals surface area contributed by atoms with Crippen LogP contribution in [0, 0.1) is 5.95 Å². The van der Waals surface area contributed by atoms with Gasteiger partial charge in [-0.1, -0.05) is 24.6 Å². The fourth-order valence-electron chi connectivity index (χ4n) is 0.705. The van der Waals surface area contributed by atoms with Crippen molar-refractivity contribution in [2.45, 2.75) is 13.3 Å². The highest BCUT2D eigenvalue weighted by Gasteiger charge is 1.99. The summed E-state index contributed by atoms with van der Waals surface area (Å²) in [5, 5.41) is 0.266. The number of rotatable bonds is 1. The molecule has 0 saturated carbocycles. The fraction of sp³-hybridized carbons (Fsp3) is 0.286. The Labute approximate surface area is 63.8 Å². The van der Waals surface area contributed by atoms with Gasteiger partial charge in [-0.3, -0.25) is 0 Å². The van der Waals surface area contributed by atoms with Crippen LogP contribution in [0.3, 0.4) is 0 Å². The largest absolute Gasteiger partial charge is 0.214 e. The van der Waals surface area contributed by atoms with Gasteiger partial charge in [0.1, 0.15) is 5.15 Å². The molecule has 3 heteroatoms. The quantitative estimate of drug-likeness (QED) is 0.574. The third-order valence-electron chi connectivity index (χ3n) is 1.27. The third-order valence-corrected chi connectivity index (χ3v) is 1.60. The Morgan fingerprint density at radius 1 is 1.60 bits per heavy atom. The van der Waals surface area contributed by atoms with Crippen LogP contribution in [0.1, 0.15) is 12.5 Å². The number of pyridine rings is 1. The first-order chi connectivity index (χ1) is 4.74. The predicted octanol–water partition coefficient (Wildman–Crippen LogP) is 2.44. The van der Waals surface area contributed by atoms with Crippen molar-refractivity contribution in [1.82, 2.24) is 4.98 Å². The summed E-state index contributed by atoms with van der Waals surface area (Å²) in [6, 6.07) is 2.95. The average molecular weight is 160 g/mol. The molecule has 0 amide bonds. The van der Waals surface area contributed by atoms with Gasteiger partial charge in [-0.15, -0.1) is 0 Å². The zero-order chi connectivity index (χ0) is 7.56. The fourth-order valence-corrected chi connectivity index (χ4v) is 0.982. The highest BCUT2D eigenvalue weighted by atomic mass is 35.5. The zero-order valence-corrected chi connectivity index (χ0v) is 6.32. The summed E-state index contributed by atoms with van der Waals surface area (Å²) in [7, 11) is 0. The van der Waals surface area contributed by atoms with Crippen molar-refractivity contribution >= 4 is 11.6 Å². The summed E-state index contributed by atoms with van der Waals surface area (Å²) >= 11 is 5.58. The first-order valence-electron chi connectivity index (χ1n) is 3.05. The van der Waals surface area contributed by atoms with E-state index in [1.54, 1.807) is 6.07 Å². The van der Waals surface area contributed by atoms with Crippen LogP contribution in [0.4, 0.5) is 4.39 Å². The van der Waals surface area contributed by atoms with Crippen molar-refractivity contribution in [2.75, 3.05) is 0 Å². The van der Waals surface area contributed by atoms with E-state index in [0.29, 0.717) is 0 Å². The molecule has 1 aromatic heterocycles. The Hall–Kier alpha value is -0.630. The molecule has 0 aliphatic carbocycles. The van der Waals surface area contributed by atoms with Gasteiger partial charge in [0.05, 0.1) is 0 Å². The van der Waals surface area contributed by atoms with Crippen LogP contribution < -0.4 is 0 Å². The lowest BCUT2D eigenvalue weighted by atomic mass is 10.2. The van der Waals surface area contributed by atoms with Crippen LogP contribution >= 0.6 is 11.6 Å². The van der Waals surface area contributed by atoms with Crippen LogP contribution in [-0.2, 0) is 6.42 Å². The maximum absolute atomic E-state index is 12.3. The summed E-state index contributed by atoms with van der Waals surface area (Å²) in [5.41, 5.74) is 0.878. The van der Waals surface area contributed by atoms with E-state index in [9.17, 15) is 4.39 Å². The van der Waals surface area contributed by atoms with Gasteiger partial charge in [-0.2, -0.15) is 4.39 Å². The smallest absolute Gasteiger partial charge is 0.208 e. The lowest BCUT2D eigenvalue weighted by molar-refractivity contribution is 0.582. The molecule has 10 heavy (non-hydrogen) atoms. The minimum atomic E-state index is -0.526. The number of halogens is 2. The van der Waals surface area contributed by atoms with E-state index in [0.717, 1.165) is 12.0 Å². The molecule has 0 bridgehead atoms. The molecule has 0 fully saturated rings. The number of aromatic nitrogens is 1. The van der Waals surface area contributed by atoms with Crippen molar-refractivity contribution in [2.24, 2.45) is 0 Å².